The maximum atomic E-state index is 12.2. The highest BCUT2D eigenvalue weighted by Gasteiger charge is 2.18. The van der Waals surface area contributed by atoms with E-state index in [2.05, 4.69) is 4.72 Å². The molecule has 2 N–H and O–H groups in total. The first-order chi connectivity index (χ1) is 14.4. The number of carboxylic acid groups (broad SMARTS) is 1. The van der Waals surface area contributed by atoms with Crippen LogP contribution in [-0.2, 0) is 32.5 Å². The lowest BCUT2D eigenvalue weighted by Crippen LogP contribution is -2.25. The maximum Gasteiger partial charge on any atom is 0.335 e. The Kier molecular flexibility index (Phi) is 7.80. The zero-order chi connectivity index (χ0) is 23.2. The molecule has 0 bridgehead atoms. The molecule has 0 aliphatic rings. The van der Waals surface area contributed by atoms with Crippen LogP contribution in [0.2, 0.25) is 0 Å². The van der Waals surface area contributed by atoms with Crippen LogP contribution in [0.4, 0.5) is 0 Å². The fraction of sp³-hybridized carbons (Fsp3) is 0.364. The van der Waals surface area contributed by atoms with Crippen molar-refractivity contribution in [2.45, 2.75) is 46.3 Å². The fourth-order valence-corrected chi connectivity index (χ4v) is 3.19. The summed E-state index contributed by atoms with van der Waals surface area (Å²) in [7, 11) is -3.44. The summed E-state index contributed by atoms with van der Waals surface area (Å²) in [6.45, 7) is 6.84. The Morgan fingerprint density at radius 2 is 1.71 bits per heavy atom. The second-order valence-electron chi connectivity index (χ2n) is 7.86. The zero-order valence-electron chi connectivity index (χ0n) is 18.0. The van der Waals surface area contributed by atoms with Gasteiger partial charge < -0.3 is 14.6 Å². The summed E-state index contributed by atoms with van der Waals surface area (Å²) >= 11 is 0. The lowest BCUT2D eigenvalue weighted by atomic mass is 10.1. The molecule has 0 unspecified atom stereocenters. The lowest BCUT2D eigenvalue weighted by Gasteiger charge is -2.20. The van der Waals surface area contributed by atoms with Gasteiger partial charge in [-0.1, -0.05) is 12.1 Å². The number of ether oxygens (including phenoxy) is 2. The standard InChI is InChI=1S/C22H27NO7S/c1-5-31(27,28)23-14-17-12-15(13-20(24)30-22(2,3)4)6-11-19(17)29-18-9-7-16(8-10-18)21(25)26/h6-12,23H,5,13-14H2,1-4H3,(H,25,26). The second-order valence-corrected chi connectivity index (χ2v) is 9.96. The summed E-state index contributed by atoms with van der Waals surface area (Å²) in [4.78, 5) is 23.2. The molecule has 0 aromatic heterocycles. The third kappa shape index (κ3) is 8.03. The molecule has 0 atom stereocenters. The Bertz CT molecular complexity index is 1040. The van der Waals surface area contributed by atoms with Crippen LogP contribution in [0.1, 0.15) is 49.2 Å². The highest BCUT2D eigenvalue weighted by Crippen LogP contribution is 2.27. The van der Waals surface area contributed by atoms with Crippen LogP contribution in [-0.4, -0.2) is 36.8 Å². The SMILES string of the molecule is CCS(=O)(=O)NCc1cc(CC(=O)OC(C)(C)C)ccc1Oc1ccc(C(=O)O)cc1. The Hall–Kier alpha value is -2.91. The minimum atomic E-state index is -3.44. The van der Waals surface area contributed by atoms with E-state index in [0.29, 0.717) is 22.6 Å². The van der Waals surface area contributed by atoms with E-state index in [4.69, 9.17) is 14.6 Å². The molecule has 2 aromatic rings. The van der Waals surface area contributed by atoms with Crippen LogP contribution >= 0.6 is 0 Å². The minimum Gasteiger partial charge on any atom is -0.478 e. The number of hydrogen-bond acceptors (Lipinski definition) is 6. The molecule has 0 heterocycles. The van der Waals surface area contributed by atoms with Crippen molar-refractivity contribution in [1.82, 2.24) is 4.72 Å². The van der Waals surface area contributed by atoms with Crippen molar-refractivity contribution < 1.29 is 32.6 Å². The minimum absolute atomic E-state index is 0.0262. The predicted octanol–water partition coefficient (Wildman–Crippen LogP) is 3.50. The third-order valence-corrected chi connectivity index (χ3v) is 5.43. The average Bonchev–Trinajstić information content (AvgIpc) is 2.67. The molecule has 168 valence electrons. The van der Waals surface area contributed by atoms with Crippen molar-refractivity contribution in [2.75, 3.05) is 5.75 Å². The quantitative estimate of drug-likeness (QED) is 0.562. The van der Waals surface area contributed by atoms with Crippen molar-refractivity contribution in [3.8, 4) is 11.5 Å². The number of carbonyl (C=O) groups excluding carboxylic acids is 1. The monoisotopic (exact) mass is 449 g/mol. The third-order valence-electron chi connectivity index (χ3n) is 4.09. The van der Waals surface area contributed by atoms with Gasteiger partial charge in [0.15, 0.2) is 0 Å². The molecule has 9 heteroatoms. The number of nitrogens with one attached hydrogen (secondary N) is 1. The molecule has 0 saturated heterocycles. The van der Waals surface area contributed by atoms with E-state index < -0.39 is 27.6 Å². The van der Waals surface area contributed by atoms with Crippen LogP contribution < -0.4 is 9.46 Å². The van der Waals surface area contributed by atoms with Crippen LogP contribution in [0.15, 0.2) is 42.5 Å². The summed E-state index contributed by atoms with van der Waals surface area (Å²) < 4.78 is 37.4. The number of carbonyl (C=O) groups is 2. The van der Waals surface area contributed by atoms with E-state index in [1.807, 2.05) is 0 Å². The highest BCUT2D eigenvalue weighted by molar-refractivity contribution is 7.89. The van der Waals surface area contributed by atoms with E-state index in [0.717, 1.165) is 0 Å². The van der Waals surface area contributed by atoms with Gasteiger partial charge in [-0.05, 0) is 63.6 Å². The van der Waals surface area contributed by atoms with Gasteiger partial charge in [-0.25, -0.2) is 17.9 Å². The number of benzene rings is 2. The Labute approximate surface area is 182 Å². The van der Waals surface area contributed by atoms with Gasteiger partial charge in [0.25, 0.3) is 0 Å². The van der Waals surface area contributed by atoms with Gasteiger partial charge in [-0.15, -0.1) is 0 Å². The second kappa shape index (κ2) is 9.93. The smallest absolute Gasteiger partial charge is 0.335 e. The van der Waals surface area contributed by atoms with Crippen molar-refractivity contribution >= 4 is 22.0 Å². The molecule has 0 radical (unpaired) electrons. The zero-order valence-corrected chi connectivity index (χ0v) is 18.8. The van der Waals surface area contributed by atoms with E-state index >= 15 is 0 Å². The summed E-state index contributed by atoms with van der Waals surface area (Å²) in [6, 6.07) is 10.9. The molecule has 0 aliphatic carbocycles. The van der Waals surface area contributed by atoms with Crippen LogP contribution in [0, 0.1) is 0 Å². The molecule has 2 aromatic carbocycles. The molecule has 0 fully saturated rings. The van der Waals surface area contributed by atoms with Crippen molar-refractivity contribution in [3.63, 3.8) is 0 Å². The number of hydrogen-bond donors (Lipinski definition) is 2. The Morgan fingerprint density at radius 3 is 2.26 bits per heavy atom. The summed E-state index contributed by atoms with van der Waals surface area (Å²) in [5, 5.41) is 9.01. The normalized spacial score (nSPS) is 11.7. The highest BCUT2D eigenvalue weighted by atomic mass is 32.2. The number of aromatic carboxylic acids is 1. The molecular weight excluding hydrogens is 422 g/mol. The molecule has 2 rings (SSSR count). The van der Waals surface area contributed by atoms with Crippen molar-refractivity contribution in [1.29, 1.82) is 0 Å². The van der Waals surface area contributed by atoms with Gasteiger partial charge in [0.05, 0.1) is 17.7 Å². The lowest BCUT2D eigenvalue weighted by molar-refractivity contribution is -0.153. The van der Waals surface area contributed by atoms with Crippen LogP contribution in [0.5, 0.6) is 11.5 Å². The first kappa shape index (κ1) is 24.4. The van der Waals surface area contributed by atoms with Gasteiger partial charge in [0.1, 0.15) is 17.1 Å². The number of sulfonamides is 1. The number of rotatable bonds is 9. The number of esters is 1. The van der Waals surface area contributed by atoms with Gasteiger partial charge >= 0.3 is 11.9 Å². The van der Waals surface area contributed by atoms with Crippen LogP contribution in [0.3, 0.4) is 0 Å². The van der Waals surface area contributed by atoms with Gasteiger partial charge in [0, 0.05) is 12.1 Å². The topological polar surface area (TPSA) is 119 Å². The molecule has 0 aliphatic heterocycles. The van der Waals surface area contributed by atoms with Gasteiger partial charge in [0.2, 0.25) is 10.0 Å². The Morgan fingerprint density at radius 1 is 1.06 bits per heavy atom. The summed E-state index contributed by atoms with van der Waals surface area (Å²) in [5.41, 5.74) is 0.687. The number of carboxylic acids is 1. The van der Waals surface area contributed by atoms with Gasteiger partial charge in [-0.3, -0.25) is 4.79 Å². The summed E-state index contributed by atoms with van der Waals surface area (Å²) in [6.07, 6.45) is 0.0262. The van der Waals surface area contributed by atoms with Crippen molar-refractivity contribution in [2.24, 2.45) is 0 Å². The van der Waals surface area contributed by atoms with Crippen molar-refractivity contribution in [3.05, 3.63) is 59.2 Å². The molecular formula is C22H27NO7S. The molecule has 0 saturated carbocycles. The Balaban J connectivity index is 2.28. The molecule has 0 amide bonds. The predicted molar refractivity (Wildman–Crippen MR) is 116 cm³/mol. The van der Waals surface area contributed by atoms with E-state index in [1.54, 1.807) is 39.0 Å². The molecule has 0 spiro atoms. The summed E-state index contributed by atoms with van der Waals surface area (Å²) in [5.74, 6) is -0.741. The van der Waals surface area contributed by atoms with E-state index in [1.165, 1.54) is 31.2 Å². The fourth-order valence-electron chi connectivity index (χ4n) is 2.61. The van der Waals surface area contributed by atoms with E-state index in [9.17, 15) is 18.0 Å². The maximum absolute atomic E-state index is 12.2. The molecule has 31 heavy (non-hydrogen) atoms. The largest absolute Gasteiger partial charge is 0.478 e. The van der Waals surface area contributed by atoms with Crippen LogP contribution in [0.25, 0.3) is 0 Å². The van der Waals surface area contributed by atoms with E-state index in [-0.39, 0.29) is 24.3 Å². The first-order valence-corrected chi connectivity index (χ1v) is 11.4. The first-order valence-electron chi connectivity index (χ1n) is 9.71. The average molecular weight is 450 g/mol. The van der Waals surface area contributed by atoms with Gasteiger partial charge in [-0.2, -0.15) is 0 Å². The molecule has 8 nitrogen and oxygen atoms in total.